The third kappa shape index (κ3) is 3.35. The summed E-state index contributed by atoms with van der Waals surface area (Å²) in [7, 11) is 1.89. The van der Waals surface area contributed by atoms with E-state index in [0.717, 1.165) is 25.6 Å². The summed E-state index contributed by atoms with van der Waals surface area (Å²) in [5.41, 5.74) is 2.01. The molecule has 1 fully saturated rings. The maximum atomic E-state index is 12.3. The van der Waals surface area contributed by atoms with E-state index in [1.54, 1.807) is 0 Å². The number of nitrogens with zero attached hydrogens (tertiary/aromatic N) is 4. The zero-order valence-corrected chi connectivity index (χ0v) is 14.9. The summed E-state index contributed by atoms with van der Waals surface area (Å²) in [4.78, 5) is 14.9. The van der Waals surface area contributed by atoms with Crippen molar-refractivity contribution in [3.63, 3.8) is 0 Å². The van der Waals surface area contributed by atoms with Crippen LogP contribution in [0.3, 0.4) is 0 Å². The molecule has 2 aromatic heterocycles. The molecule has 1 atom stereocenters. The number of amides is 1. The van der Waals surface area contributed by atoms with Crippen LogP contribution in [0, 0.1) is 0 Å². The van der Waals surface area contributed by atoms with E-state index in [1.807, 2.05) is 36.1 Å². The Labute approximate surface area is 148 Å². The van der Waals surface area contributed by atoms with E-state index in [2.05, 4.69) is 26.1 Å². The van der Waals surface area contributed by atoms with E-state index in [-0.39, 0.29) is 5.91 Å². The van der Waals surface area contributed by atoms with Crippen molar-refractivity contribution in [2.75, 3.05) is 13.1 Å². The van der Waals surface area contributed by atoms with Gasteiger partial charge in [0, 0.05) is 45.1 Å². The summed E-state index contributed by atoms with van der Waals surface area (Å²) in [5, 5.41) is 7.60. The predicted molar refractivity (Wildman–Crippen MR) is 96.3 cm³/mol. The van der Waals surface area contributed by atoms with Crippen LogP contribution in [0.2, 0.25) is 0 Å². The van der Waals surface area contributed by atoms with Gasteiger partial charge in [0.25, 0.3) is 5.91 Å². The molecule has 6 heteroatoms. The molecule has 6 nitrogen and oxygen atoms in total. The molecule has 0 unspecified atom stereocenters. The van der Waals surface area contributed by atoms with Crippen LogP contribution >= 0.6 is 0 Å². The lowest BCUT2D eigenvalue weighted by atomic mass is 10.1. The standard InChI is InChI=1S/C19H27N5O/c1-22-12-4-7-18(22)19(25)20-10-8-16-13-23(15-5-2-3-6-15)14-17-9-11-21-24(16)17/h4,7,9,11-12,15-16H,2-3,5-6,8,10,13-14H2,1H3,(H,20,25)/t16-/m1/s1. The molecule has 1 amide bonds. The molecule has 0 aromatic carbocycles. The maximum Gasteiger partial charge on any atom is 0.267 e. The molecule has 0 bridgehead atoms. The molecule has 0 radical (unpaired) electrons. The van der Waals surface area contributed by atoms with Crippen molar-refractivity contribution < 1.29 is 4.79 Å². The fourth-order valence-corrected chi connectivity index (χ4v) is 4.32. The van der Waals surface area contributed by atoms with E-state index < -0.39 is 0 Å². The molecule has 2 aliphatic rings. The first-order valence-corrected chi connectivity index (χ1v) is 9.38. The first-order valence-electron chi connectivity index (χ1n) is 9.38. The Kier molecular flexibility index (Phi) is 4.61. The number of aromatic nitrogens is 3. The molecule has 4 rings (SSSR count). The van der Waals surface area contributed by atoms with Crippen molar-refractivity contribution in [2.45, 2.75) is 50.7 Å². The highest BCUT2D eigenvalue weighted by Crippen LogP contribution is 2.30. The highest BCUT2D eigenvalue weighted by atomic mass is 16.1. The van der Waals surface area contributed by atoms with E-state index in [9.17, 15) is 4.79 Å². The number of hydrogen-bond donors (Lipinski definition) is 1. The predicted octanol–water partition coefficient (Wildman–Crippen LogP) is 2.34. The number of carbonyl (C=O) groups excluding carboxylic acids is 1. The number of nitrogens with one attached hydrogen (secondary N) is 1. The van der Waals surface area contributed by atoms with Gasteiger partial charge < -0.3 is 9.88 Å². The highest BCUT2D eigenvalue weighted by Gasteiger charge is 2.31. The zero-order valence-electron chi connectivity index (χ0n) is 14.9. The van der Waals surface area contributed by atoms with Crippen molar-refractivity contribution in [1.82, 2.24) is 24.6 Å². The molecule has 1 N–H and O–H groups in total. The smallest absolute Gasteiger partial charge is 0.267 e. The van der Waals surface area contributed by atoms with E-state index >= 15 is 0 Å². The Balaban J connectivity index is 1.37. The molecular formula is C19H27N5O. The summed E-state index contributed by atoms with van der Waals surface area (Å²) < 4.78 is 4.02. The van der Waals surface area contributed by atoms with Crippen LogP contribution in [0.5, 0.6) is 0 Å². The summed E-state index contributed by atoms with van der Waals surface area (Å²) in [6.45, 7) is 2.72. The largest absolute Gasteiger partial charge is 0.351 e. The molecule has 3 heterocycles. The van der Waals surface area contributed by atoms with Gasteiger partial charge in [0.15, 0.2) is 0 Å². The second kappa shape index (κ2) is 7.04. The fourth-order valence-electron chi connectivity index (χ4n) is 4.32. The number of carbonyl (C=O) groups is 1. The summed E-state index contributed by atoms with van der Waals surface area (Å²) in [5.74, 6) is -0.00310. The zero-order chi connectivity index (χ0) is 17.2. The topological polar surface area (TPSA) is 55.1 Å². The fraction of sp³-hybridized carbons (Fsp3) is 0.579. The molecule has 2 aromatic rings. The molecule has 25 heavy (non-hydrogen) atoms. The highest BCUT2D eigenvalue weighted by molar-refractivity contribution is 5.92. The van der Waals surface area contributed by atoms with Crippen molar-refractivity contribution in [2.24, 2.45) is 7.05 Å². The molecule has 0 saturated heterocycles. The Morgan fingerprint density at radius 3 is 2.92 bits per heavy atom. The number of fused-ring (bicyclic) bond motifs is 1. The van der Waals surface area contributed by atoms with Gasteiger partial charge in [0.2, 0.25) is 0 Å². The minimum atomic E-state index is -0.00310. The van der Waals surface area contributed by atoms with Crippen LogP contribution in [-0.2, 0) is 13.6 Å². The monoisotopic (exact) mass is 341 g/mol. The Morgan fingerprint density at radius 1 is 1.32 bits per heavy atom. The van der Waals surface area contributed by atoms with Crippen molar-refractivity contribution in [1.29, 1.82) is 0 Å². The lowest BCUT2D eigenvalue weighted by Gasteiger charge is -2.37. The van der Waals surface area contributed by atoms with Gasteiger partial charge >= 0.3 is 0 Å². The van der Waals surface area contributed by atoms with Gasteiger partial charge in [0.05, 0.1) is 11.7 Å². The average molecular weight is 341 g/mol. The van der Waals surface area contributed by atoms with E-state index in [4.69, 9.17) is 0 Å². The Hall–Kier alpha value is -2.08. The Bertz CT molecular complexity index is 728. The first-order chi connectivity index (χ1) is 12.2. The van der Waals surface area contributed by atoms with Crippen LogP contribution in [0.25, 0.3) is 0 Å². The first kappa shape index (κ1) is 16.4. The van der Waals surface area contributed by atoms with Gasteiger partial charge in [-0.05, 0) is 37.5 Å². The van der Waals surface area contributed by atoms with Crippen molar-refractivity contribution in [3.8, 4) is 0 Å². The molecule has 134 valence electrons. The average Bonchev–Trinajstić information content (AvgIpc) is 3.35. The second-order valence-corrected chi connectivity index (χ2v) is 7.34. The normalized spacial score (nSPS) is 21.4. The molecule has 0 spiro atoms. The minimum absolute atomic E-state index is 0.00310. The van der Waals surface area contributed by atoms with Crippen molar-refractivity contribution >= 4 is 5.91 Å². The summed E-state index contributed by atoms with van der Waals surface area (Å²) >= 11 is 0. The Morgan fingerprint density at radius 2 is 2.16 bits per heavy atom. The summed E-state index contributed by atoms with van der Waals surface area (Å²) in [6.07, 6.45) is 10.1. The van der Waals surface area contributed by atoms with E-state index in [1.165, 1.54) is 31.4 Å². The molecular weight excluding hydrogens is 314 g/mol. The number of rotatable bonds is 5. The molecule has 1 saturated carbocycles. The quantitative estimate of drug-likeness (QED) is 0.908. The van der Waals surface area contributed by atoms with Gasteiger partial charge in [-0.3, -0.25) is 14.4 Å². The number of hydrogen-bond acceptors (Lipinski definition) is 3. The lowest BCUT2D eigenvalue weighted by molar-refractivity contribution is 0.0932. The van der Waals surface area contributed by atoms with Crippen molar-refractivity contribution in [3.05, 3.63) is 42.0 Å². The van der Waals surface area contributed by atoms with Crippen LogP contribution in [0.4, 0.5) is 0 Å². The maximum absolute atomic E-state index is 12.3. The SMILES string of the molecule is Cn1cccc1C(=O)NCC[C@@H]1CN(C2CCCC2)Cc2ccnn21. The van der Waals surface area contributed by atoms with Gasteiger partial charge in [-0.1, -0.05) is 12.8 Å². The van der Waals surface area contributed by atoms with Crippen LogP contribution in [0.15, 0.2) is 30.6 Å². The van der Waals surface area contributed by atoms with Crippen LogP contribution < -0.4 is 5.32 Å². The van der Waals surface area contributed by atoms with Gasteiger partial charge in [-0.25, -0.2) is 0 Å². The van der Waals surface area contributed by atoms with Gasteiger partial charge in [-0.2, -0.15) is 5.10 Å². The third-order valence-corrected chi connectivity index (χ3v) is 5.69. The van der Waals surface area contributed by atoms with Crippen LogP contribution in [-0.4, -0.2) is 44.3 Å². The third-order valence-electron chi connectivity index (χ3n) is 5.69. The van der Waals surface area contributed by atoms with Gasteiger partial charge in [0.1, 0.15) is 5.69 Å². The van der Waals surface area contributed by atoms with Crippen LogP contribution in [0.1, 0.15) is 54.3 Å². The molecule has 1 aliphatic heterocycles. The minimum Gasteiger partial charge on any atom is -0.351 e. The lowest BCUT2D eigenvalue weighted by Crippen LogP contribution is -2.43. The molecule has 1 aliphatic carbocycles. The number of aryl methyl sites for hydroxylation is 1. The van der Waals surface area contributed by atoms with Gasteiger partial charge in [-0.15, -0.1) is 0 Å². The second-order valence-electron chi connectivity index (χ2n) is 7.34. The summed E-state index contributed by atoms with van der Waals surface area (Å²) in [6, 6.07) is 6.95. The van der Waals surface area contributed by atoms with E-state index in [0.29, 0.717) is 18.3 Å².